The number of alkyl halides is 3. The maximum Gasteiger partial charge on any atom is 0.573 e. The van der Waals surface area contributed by atoms with Gasteiger partial charge in [0.25, 0.3) is 0 Å². The lowest BCUT2D eigenvalue weighted by Crippen LogP contribution is -2.42. The van der Waals surface area contributed by atoms with Gasteiger partial charge in [0.05, 0.1) is 6.61 Å². The molecule has 0 aliphatic carbocycles. The highest BCUT2D eigenvalue weighted by Crippen LogP contribution is 2.26. The van der Waals surface area contributed by atoms with Gasteiger partial charge >= 0.3 is 12.5 Å². The van der Waals surface area contributed by atoms with Gasteiger partial charge in [-0.15, -0.1) is 13.2 Å². The molecule has 146 valence electrons. The first-order chi connectivity index (χ1) is 12.0. The van der Waals surface area contributed by atoms with Crippen LogP contribution in [0.1, 0.15) is 33.6 Å². The molecule has 0 radical (unpaired) electrons. The molecule has 0 N–H and O–H groups in total. The lowest BCUT2D eigenvalue weighted by Gasteiger charge is -2.33. The predicted octanol–water partition coefficient (Wildman–Crippen LogP) is 4.61. The van der Waals surface area contributed by atoms with Crippen LogP contribution in [-0.2, 0) is 4.74 Å². The Morgan fingerprint density at radius 2 is 1.62 bits per heavy atom. The molecule has 1 aromatic carbocycles. The molecular formula is C18H24F3NO4. The number of halogens is 3. The number of hydrogen-bond acceptors (Lipinski definition) is 4. The van der Waals surface area contributed by atoms with Crippen molar-refractivity contribution >= 4 is 6.09 Å². The summed E-state index contributed by atoms with van der Waals surface area (Å²) in [6.45, 7) is 7.13. The number of ether oxygens (including phenoxy) is 3. The first kappa shape index (κ1) is 20.2. The minimum atomic E-state index is -4.70. The summed E-state index contributed by atoms with van der Waals surface area (Å²) in [6, 6.07) is 5.32. The number of rotatable bonds is 4. The Kier molecular flexibility index (Phi) is 6.26. The lowest BCUT2D eigenvalue weighted by atomic mass is 9.98. The highest BCUT2D eigenvalue weighted by molar-refractivity contribution is 5.68. The van der Waals surface area contributed by atoms with Crippen molar-refractivity contribution in [3.05, 3.63) is 24.3 Å². The number of carbonyl (C=O) groups excluding carboxylic acids is 1. The van der Waals surface area contributed by atoms with Crippen molar-refractivity contribution in [1.29, 1.82) is 0 Å². The molecule has 0 aromatic heterocycles. The normalized spacial score (nSPS) is 16.3. The summed E-state index contributed by atoms with van der Waals surface area (Å²) >= 11 is 0. The third-order valence-electron chi connectivity index (χ3n) is 3.81. The van der Waals surface area contributed by atoms with Gasteiger partial charge < -0.3 is 19.1 Å². The number of likely N-dealkylation sites (tertiary alicyclic amines) is 1. The van der Waals surface area contributed by atoms with Gasteiger partial charge in [0.2, 0.25) is 0 Å². The second kappa shape index (κ2) is 8.05. The highest BCUT2D eigenvalue weighted by atomic mass is 19.4. The molecule has 0 spiro atoms. The van der Waals surface area contributed by atoms with Gasteiger partial charge in [-0.1, -0.05) is 0 Å². The van der Waals surface area contributed by atoms with Gasteiger partial charge in [-0.05, 0) is 63.8 Å². The molecule has 2 rings (SSSR count). The molecule has 1 fully saturated rings. The molecule has 0 unspecified atom stereocenters. The van der Waals surface area contributed by atoms with E-state index in [-0.39, 0.29) is 17.8 Å². The molecule has 0 saturated carbocycles. The van der Waals surface area contributed by atoms with E-state index in [1.54, 1.807) is 4.90 Å². The van der Waals surface area contributed by atoms with E-state index >= 15 is 0 Å². The van der Waals surface area contributed by atoms with Crippen molar-refractivity contribution < 1.29 is 32.2 Å². The SMILES string of the molecule is CC(C)(C)OC(=O)N1CCC(COc2ccc(OC(F)(F)F)cc2)CC1. The zero-order valence-electron chi connectivity index (χ0n) is 15.1. The molecule has 1 aliphatic heterocycles. The lowest BCUT2D eigenvalue weighted by molar-refractivity contribution is -0.274. The first-order valence-corrected chi connectivity index (χ1v) is 8.48. The third-order valence-corrected chi connectivity index (χ3v) is 3.81. The zero-order valence-corrected chi connectivity index (χ0v) is 15.1. The summed E-state index contributed by atoms with van der Waals surface area (Å²) in [5.74, 6) is 0.476. The monoisotopic (exact) mass is 375 g/mol. The minimum absolute atomic E-state index is 0.278. The summed E-state index contributed by atoms with van der Waals surface area (Å²) < 4.78 is 51.2. The molecule has 0 bridgehead atoms. The van der Waals surface area contributed by atoms with E-state index in [9.17, 15) is 18.0 Å². The fourth-order valence-electron chi connectivity index (χ4n) is 2.56. The van der Waals surface area contributed by atoms with Gasteiger partial charge in [0.1, 0.15) is 17.1 Å². The maximum atomic E-state index is 12.1. The molecule has 1 aliphatic rings. The van der Waals surface area contributed by atoms with E-state index in [4.69, 9.17) is 9.47 Å². The summed E-state index contributed by atoms with van der Waals surface area (Å²) in [4.78, 5) is 13.7. The van der Waals surface area contributed by atoms with E-state index in [2.05, 4.69) is 4.74 Å². The topological polar surface area (TPSA) is 48.0 Å². The van der Waals surface area contributed by atoms with Crippen molar-refractivity contribution in [2.24, 2.45) is 5.92 Å². The number of benzene rings is 1. The molecule has 5 nitrogen and oxygen atoms in total. The highest BCUT2D eigenvalue weighted by Gasteiger charge is 2.31. The molecule has 0 atom stereocenters. The largest absolute Gasteiger partial charge is 0.573 e. The Morgan fingerprint density at radius 3 is 2.12 bits per heavy atom. The summed E-state index contributed by atoms with van der Waals surface area (Å²) in [5, 5.41) is 0. The van der Waals surface area contributed by atoms with Crippen molar-refractivity contribution in [2.75, 3.05) is 19.7 Å². The number of carbonyl (C=O) groups is 1. The number of nitrogens with zero attached hydrogens (tertiary/aromatic N) is 1. The van der Waals surface area contributed by atoms with Crippen LogP contribution in [0.2, 0.25) is 0 Å². The van der Waals surface area contributed by atoms with Crippen LogP contribution in [-0.4, -0.2) is 42.7 Å². The van der Waals surface area contributed by atoms with Crippen LogP contribution >= 0.6 is 0 Å². The Morgan fingerprint density at radius 1 is 1.08 bits per heavy atom. The second-order valence-corrected chi connectivity index (χ2v) is 7.24. The average molecular weight is 375 g/mol. The zero-order chi connectivity index (χ0) is 19.4. The first-order valence-electron chi connectivity index (χ1n) is 8.48. The molecule has 1 heterocycles. The fraction of sp³-hybridized carbons (Fsp3) is 0.611. The van der Waals surface area contributed by atoms with Crippen molar-refractivity contribution in [1.82, 2.24) is 4.90 Å². The van der Waals surface area contributed by atoms with E-state index in [0.717, 1.165) is 12.8 Å². The smallest absolute Gasteiger partial charge is 0.493 e. The summed E-state index contributed by atoms with van der Waals surface area (Å²) in [7, 11) is 0. The number of piperidine rings is 1. The molecule has 1 amide bonds. The molecule has 8 heteroatoms. The fourth-order valence-corrected chi connectivity index (χ4v) is 2.56. The van der Waals surface area contributed by atoms with Gasteiger partial charge in [-0.25, -0.2) is 4.79 Å². The van der Waals surface area contributed by atoms with Crippen LogP contribution in [0.4, 0.5) is 18.0 Å². The van der Waals surface area contributed by atoms with Gasteiger partial charge in [-0.2, -0.15) is 0 Å². The Balaban J connectivity index is 1.74. The van der Waals surface area contributed by atoms with Crippen LogP contribution in [0.25, 0.3) is 0 Å². The average Bonchev–Trinajstić information content (AvgIpc) is 2.51. The van der Waals surface area contributed by atoms with Crippen molar-refractivity contribution in [3.63, 3.8) is 0 Å². The number of amides is 1. The predicted molar refractivity (Wildman–Crippen MR) is 89.2 cm³/mol. The summed E-state index contributed by atoms with van der Waals surface area (Å²) in [5.41, 5.74) is -0.515. The van der Waals surface area contributed by atoms with Crippen molar-refractivity contribution in [2.45, 2.75) is 45.6 Å². The molecular weight excluding hydrogens is 351 g/mol. The Hall–Kier alpha value is -2.12. The number of hydrogen-bond donors (Lipinski definition) is 0. The van der Waals surface area contributed by atoms with Crippen LogP contribution in [0, 0.1) is 5.92 Å². The van der Waals surface area contributed by atoms with Gasteiger partial charge in [0, 0.05) is 13.1 Å². The van der Waals surface area contributed by atoms with Crippen LogP contribution in [0.5, 0.6) is 11.5 Å². The van der Waals surface area contributed by atoms with Crippen LogP contribution in [0.15, 0.2) is 24.3 Å². The Bertz CT molecular complexity index is 588. The third kappa shape index (κ3) is 7.01. The standard InChI is InChI=1S/C18H24F3NO4/c1-17(2,3)26-16(23)22-10-8-13(9-11-22)12-24-14-4-6-15(7-5-14)25-18(19,20)21/h4-7,13H,8-12H2,1-3H3. The maximum absolute atomic E-state index is 12.1. The van der Waals surface area contributed by atoms with Crippen LogP contribution < -0.4 is 9.47 Å². The quantitative estimate of drug-likeness (QED) is 0.771. The van der Waals surface area contributed by atoms with E-state index in [1.165, 1.54) is 24.3 Å². The van der Waals surface area contributed by atoms with E-state index < -0.39 is 12.0 Å². The minimum Gasteiger partial charge on any atom is -0.493 e. The molecule has 1 aromatic rings. The Labute approximate surface area is 151 Å². The van der Waals surface area contributed by atoms with Crippen molar-refractivity contribution in [3.8, 4) is 11.5 Å². The van der Waals surface area contributed by atoms with Crippen LogP contribution in [0.3, 0.4) is 0 Å². The van der Waals surface area contributed by atoms with E-state index in [1.807, 2.05) is 20.8 Å². The van der Waals surface area contributed by atoms with E-state index in [0.29, 0.717) is 25.4 Å². The van der Waals surface area contributed by atoms with Gasteiger partial charge in [-0.3, -0.25) is 0 Å². The molecule has 26 heavy (non-hydrogen) atoms. The van der Waals surface area contributed by atoms with Gasteiger partial charge in [0.15, 0.2) is 0 Å². The molecule has 1 saturated heterocycles. The summed E-state index contributed by atoms with van der Waals surface area (Å²) in [6.07, 6.45) is -3.44. The second-order valence-electron chi connectivity index (χ2n) is 7.24.